The molecule has 0 amide bonds. The van der Waals surface area contributed by atoms with E-state index in [2.05, 4.69) is 4.84 Å². The summed E-state index contributed by atoms with van der Waals surface area (Å²) >= 11 is 0. The van der Waals surface area contributed by atoms with Crippen LogP contribution in [-0.4, -0.2) is 17.8 Å². The first-order chi connectivity index (χ1) is 7.54. The van der Waals surface area contributed by atoms with Crippen LogP contribution < -0.4 is 11.6 Å². The van der Waals surface area contributed by atoms with Gasteiger partial charge in [-0.05, 0) is 18.9 Å². The Hall–Kier alpha value is -1.72. The summed E-state index contributed by atoms with van der Waals surface area (Å²) in [5.41, 5.74) is 7.01. The summed E-state index contributed by atoms with van der Waals surface area (Å²) in [5, 5.41) is 0. The molecule has 0 saturated carbocycles. The SMILES string of the molecule is CC(=O)c1ccc(C[C@H](N)C(=O)ON)cc1. The van der Waals surface area contributed by atoms with E-state index in [-0.39, 0.29) is 5.78 Å². The molecule has 1 atom stereocenters. The highest BCUT2D eigenvalue weighted by molar-refractivity contribution is 5.94. The third-order valence-corrected chi connectivity index (χ3v) is 2.23. The molecule has 16 heavy (non-hydrogen) atoms. The van der Waals surface area contributed by atoms with Crippen LogP contribution in [0.1, 0.15) is 22.8 Å². The van der Waals surface area contributed by atoms with E-state index in [1.165, 1.54) is 6.92 Å². The monoisotopic (exact) mass is 222 g/mol. The van der Waals surface area contributed by atoms with Crippen LogP contribution in [-0.2, 0) is 16.1 Å². The molecule has 5 nitrogen and oxygen atoms in total. The highest BCUT2D eigenvalue weighted by Gasteiger charge is 2.14. The number of benzene rings is 1. The second kappa shape index (κ2) is 5.39. The van der Waals surface area contributed by atoms with Crippen LogP contribution >= 0.6 is 0 Å². The first-order valence-electron chi connectivity index (χ1n) is 4.80. The first-order valence-corrected chi connectivity index (χ1v) is 4.80. The van der Waals surface area contributed by atoms with Gasteiger partial charge in [0.1, 0.15) is 6.04 Å². The number of carbonyl (C=O) groups is 2. The van der Waals surface area contributed by atoms with Crippen molar-refractivity contribution in [1.82, 2.24) is 0 Å². The minimum absolute atomic E-state index is 0.00258. The maximum Gasteiger partial charge on any atom is 0.341 e. The van der Waals surface area contributed by atoms with Crippen LogP contribution in [0.5, 0.6) is 0 Å². The van der Waals surface area contributed by atoms with Crippen LogP contribution in [0, 0.1) is 0 Å². The maximum atomic E-state index is 11.0. The first kappa shape index (κ1) is 12.4. The molecule has 0 radical (unpaired) electrons. The molecule has 0 heterocycles. The van der Waals surface area contributed by atoms with Crippen molar-refractivity contribution < 1.29 is 14.4 Å². The van der Waals surface area contributed by atoms with Crippen molar-refractivity contribution in [1.29, 1.82) is 0 Å². The normalized spacial score (nSPS) is 11.9. The van der Waals surface area contributed by atoms with Gasteiger partial charge in [-0.2, -0.15) is 5.90 Å². The number of rotatable bonds is 4. The average Bonchev–Trinajstić information content (AvgIpc) is 2.28. The lowest BCUT2D eigenvalue weighted by molar-refractivity contribution is -0.145. The lowest BCUT2D eigenvalue weighted by Crippen LogP contribution is -2.35. The van der Waals surface area contributed by atoms with Crippen molar-refractivity contribution >= 4 is 11.8 Å². The molecule has 0 aliphatic carbocycles. The van der Waals surface area contributed by atoms with Crippen LogP contribution in [0.4, 0.5) is 0 Å². The van der Waals surface area contributed by atoms with Gasteiger partial charge in [0, 0.05) is 5.56 Å². The molecule has 0 aliphatic rings. The zero-order chi connectivity index (χ0) is 12.1. The van der Waals surface area contributed by atoms with Crippen molar-refractivity contribution in [3.63, 3.8) is 0 Å². The van der Waals surface area contributed by atoms with Gasteiger partial charge in [-0.3, -0.25) is 4.79 Å². The predicted octanol–water partition coefficient (Wildman–Crippen LogP) is 0.176. The molecule has 0 saturated heterocycles. The molecule has 4 N–H and O–H groups in total. The van der Waals surface area contributed by atoms with Gasteiger partial charge < -0.3 is 10.6 Å². The lowest BCUT2D eigenvalue weighted by Gasteiger charge is -2.08. The topological polar surface area (TPSA) is 95.4 Å². The Morgan fingerprint density at radius 2 is 1.88 bits per heavy atom. The van der Waals surface area contributed by atoms with E-state index in [1.807, 2.05) is 0 Å². The third kappa shape index (κ3) is 3.15. The quantitative estimate of drug-likeness (QED) is 0.559. The Balaban J connectivity index is 2.68. The Kier molecular flexibility index (Phi) is 4.16. The number of hydrogen-bond donors (Lipinski definition) is 2. The van der Waals surface area contributed by atoms with Crippen LogP contribution in [0.2, 0.25) is 0 Å². The number of hydrogen-bond acceptors (Lipinski definition) is 5. The van der Waals surface area contributed by atoms with Crippen molar-refractivity contribution in [3.05, 3.63) is 35.4 Å². The van der Waals surface area contributed by atoms with E-state index in [0.717, 1.165) is 5.56 Å². The lowest BCUT2D eigenvalue weighted by atomic mass is 10.0. The predicted molar refractivity (Wildman–Crippen MR) is 58.4 cm³/mol. The Bertz CT molecular complexity index is 387. The van der Waals surface area contributed by atoms with Gasteiger partial charge in [0.25, 0.3) is 0 Å². The molecule has 0 aromatic heterocycles. The number of nitrogens with two attached hydrogens (primary N) is 2. The molecule has 0 unspecified atom stereocenters. The smallest absolute Gasteiger partial charge is 0.341 e. The van der Waals surface area contributed by atoms with Gasteiger partial charge in [-0.25, -0.2) is 4.79 Å². The Labute approximate surface area is 93.3 Å². The molecule has 0 aliphatic heterocycles. The molecule has 1 aromatic carbocycles. The van der Waals surface area contributed by atoms with E-state index in [0.29, 0.717) is 12.0 Å². The molecule has 1 aromatic rings. The standard InChI is InChI=1S/C11H14N2O3/c1-7(14)9-4-2-8(3-5-9)6-10(12)11(15)16-13/h2-5,10H,6,12-13H2,1H3/t10-/m0/s1. The van der Waals surface area contributed by atoms with Gasteiger partial charge in [0.2, 0.25) is 0 Å². The molecule has 86 valence electrons. The summed E-state index contributed by atoms with van der Waals surface area (Å²) in [4.78, 5) is 26.0. The van der Waals surface area contributed by atoms with E-state index in [9.17, 15) is 9.59 Å². The molecule has 0 bridgehead atoms. The fourth-order valence-corrected chi connectivity index (χ4v) is 1.30. The maximum absolute atomic E-state index is 11.0. The second-order valence-electron chi connectivity index (χ2n) is 3.50. The fourth-order valence-electron chi connectivity index (χ4n) is 1.30. The highest BCUT2D eigenvalue weighted by Crippen LogP contribution is 2.07. The average molecular weight is 222 g/mol. The molecule has 5 heteroatoms. The van der Waals surface area contributed by atoms with E-state index in [1.54, 1.807) is 24.3 Å². The molecular weight excluding hydrogens is 208 g/mol. The summed E-state index contributed by atoms with van der Waals surface area (Å²) < 4.78 is 0. The van der Waals surface area contributed by atoms with Gasteiger partial charge in [0.15, 0.2) is 5.78 Å². The van der Waals surface area contributed by atoms with Crippen molar-refractivity contribution in [2.45, 2.75) is 19.4 Å². The van der Waals surface area contributed by atoms with Crippen LogP contribution in [0.25, 0.3) is 0 Å². The van der Waals surface area contributed by atoms with E-state index in [4.69, 9.17) is 11.6 Å². The summed E-state index contributed by atoms with van der Waals surface area (Å²) in [6, 6.07) is 6.10. The van der Waals surface area contributed by atoms with E-state index < -0.39 is 12.0 Å². The molecule has 0 fully saturated rings. The van der Waals surface area contributed by atoms with Gasteiger partial charge >= 0.3 is 5.97 Å². The summed E-state index contributed by atoms with van der Waals surface area (Å²) in [6.07, 6.45) is 0.328. The van der Waals surface area contributed by atoms with Crippen molar-refractivity contribution in [2.24, 2.45) is 11.6 Å². The molecular formula is C11H14N2O3. The summed E-state index contributed by atoms with van der Waals surface area (Å²) in [5.74, 6) is 4.06. The Morgan fingerprint density at radius 3 is 2.31 bits per heavy atom. The zero-order valence-corrected chi connectivity index (χ0v) is 8.97. The van der Waals surface area contributed by atoms with Gasteiger partial charge in [-0.15, -0.1) is 0 Å². The van der Waals surface area contributed by atoms with Crippen LogP contribution in [0.15, 0.2) is 24.3 Å². The largest absolute Gasteiger partial charge is 0.372 e. The minimum atomic E-state index is -0.784. The van der Waals surface area contributed by atoms with Crippen molar-refractivity contribution in [3.8, 4) is 0 Å². The zero-order valence-electron chi connectivity index (χ0n) is 8.97. The van der Waals surface area contributed by atoms with Crippen LogP contribution in [0.3, 0.4) is 0 Å². The van der Waals surface area contributed by atoms with E-state index >= 15 is 0 Å². The second-order valence-corrected chi connectivity index (χ2v) is 3.50. The van der Waals surface area contributed by atoms with Gasteiger partial charge in [-0.1, -0.05) is 24.3 Å². The summed E-state index contributed by atoms with van der Waals surface area (Å²) in [6.45, 7) is 1.49. The van der Waals surface area contributed by atoms with Gasteiger partial charge in [0.05, 0.1) is 0 Å². The number of Topliss-reactive ketones (excluding diaryl/α,β-unsaturated/α-hetero) is 1. The fraction of sp³-hybridized carbons (Fsp3) is 0.273. The third-order valence-electron chi connectivity index (χ3n) is 2.23. The number of carbonyl (C=O) groups excluding carboxylic acids is 2. The molecule has 1 rings (SSSR count). The number of ketones is 1. The minimum Gasteiger partial charge on any atom is -0.372 e. The molecule has 0 spiro atoms. The Morgan fingerprint density at radius 1 is 1.31 bits per heavy atom. The van der Waals surface area contributed by atoms with Crippen molar-refractivity contribution in [2.75, 3.05) is 0 Å². The highest BCUT2D eigenvalue weighted by atomic mass is 16.7. The summed E-state index contributed by atoms with van der Waals surface area (Å²) in [7, 11) is 0.